The summed E-state index contributed by atoms with van der Waals surface area (Å²) in [4.78, 5) is 0. The quantitative estimate of drug-likeness (QED) is 0.742. The van der Waals surface area contributed by atoms with Crippen LogP contribution in [-0.2, 0) is 5.54 Å². The maximum Gasteiger partial charge on any atom is 0.0669 e. The van der Waals surface area contributed by atoms with Crippen molar-refractivity contribution in [2.75, 3.05) is 13.2 Å². The monoisotopic (exact) mass is 221 g/mol. The molecule has 1 unspecified atom stereocenters. The van der Waals surface area contributed by atoms with E-state index in [1.165, 1.54) is 5.56 Å². The standard InChI is InChI=1S/C14H23NO/c1-3-10-14(12-16,15-11-4-2)13-8-6-5-7-9-13/h5-9,15-16H,3-4,10-12H2,1-2H3. The first-order chi connectivity index (χ1) is 7.79. The van der Waals surface area contributed by atoms with Gasteiger partial charge in [-0.25, -0.2) is 0 Å². The van der Waals surface area contributed by atoms with Gasteiger partial charge < -0.3 is 10.4 Å². The molecule has 0 bridgehead atoms. The second-order valence-electron chi connectivity index (χ2n) is 4.28. The SMILES string of the molecule is CCCNC(CO)(CCC)c1ccccc1. The van der Waals surface area contributed by atoms with Gasteiger partial charge in [0.05, 0.1) is 12.1 Å². The lowest BCUT2D eigenvalue weighted by Crippen LogP contribution is -2.46. The maximum absolute atomic E-state index is 9.73. The molecule has 0 heterocycles. The van der Waals surface area contributed by atoms with Crippen molar-refractivity contribution in [3.63, 3.8) is 0 Å². The van der Waals surface area contributed by atoms with Gasteiger partial charge in [0, 0.05) is 0 Å². The Kier molecular flexibility index (Phi) is 5.50. The number of rotatable bonds is 7. The summed E-state index contributed by atoms with van der Waals surface area (Å²) in [7, 11) is 0. The fourth-order valence-electron chi connectivity index (χ4n) is 2.11. The first-order valence-electron chi connectivity index (χ1n) is 6.20. The molecule has 1 atom stereocenters. The van der Waals surface area contributed by atoms with Crippen LogP contribution in [0.4, 0.5) is 0 Å². The lowest BCUT2D eigenvalue weighted by atomic mass is 9.86. The van der Waals surface area contributed by atoms with Crippen molar-refractivity contribution in [2.45, 2.75) is 38.6 Å². The molecule has 1 rings (SSSR count). The Labute approximate surface area is 98.7 Å². The Balaban J connectivity index is 2.92. The van der Waals surface area contributed by atoms with E-state index in [-0.39, 0.29) is 12.1 Å². The van der Waals surface area contributed by atoms with Crippen LogP contribution < -0.4 is 5.32 Å². The van der Waals surface area contributed by atoms with Crippen molar-refractivity contribution in [2.24, 2.45) is 0 Å². The Bertz CT molecular complexity index is 286. The number of aliphatic hydroxyl groups excluding tert-OH is 1. The van der Waals surface area contributed by atoms with E-state index in [9.17, 15) is 5.11 Å². The first kappa shape index (κ1) is 13.2. The maximum atomic E-state index is 9.73. The molecular formula is C14H23NO. The molecule has 0 fully saturated rings. The summed E-state index contributed by atoms with van der Waals surface area (Å²) in [6, 6.07) is 10.3. The molecule has 0 aromatic heterocycles. The third-order valence-corrected chi connectivity index (χ3v) is 2.99. The largest absolute Gasteiger partial charge is 0.394 e. The minimum atomic E-state index is -0.258. The van der Waals surface area contributed by atoms with Crippen LogP contribution in [-0.4, -0.2) is 18.3 Å². The topological polar surface area (TPSA) is 32.3 Å². The van der Waals surface area contributed by atoms with E-state index in [1.54, 1.807) is 0 Å². The molecule has 1 aromatic carbocycles. The van der Waals surface area contributed by atoms with Crippen LogP contribution in [0, 0.1) is 0 Å². The van der Waals surface area contributed by atoms with Gasteiger partial charge in [-0.2, -0.15) is 0 Å². The third-order valence-electron chi connectivity index (χ3n) is 2.99. The van der Waals surface area contributed by atoms with E-state index < -0.39 is 0 Å². The van der Waals surface area contributed by atoms with Gasteiger partial charge in [0.25, 0.3) is 0 Å². The highest BCUT2D eigenvalue weighted by Gasteiger charge is 2.29. The van der Waals surface area contributed by atoms with Crippen molar-refractivity contribution in [3.8, 4) is 0 Å². The smallest absolute Gasteiger partial charge is 0.0669 e. The highest BCUT2D eigenvalue weighted by molar-refractivity contribution is 5.24. The van der Waals surface area contributed by atoms with Gasteiger partial charge in [-0.15, -0.1) is 0 Å². The van der Waals surface area contributed by atoms with E-state index in [1.807, 2.05) is 18.2 Å². The lowest BCUT2D eigenvalue weighted by molar-refractivity contribution is 0.150. The normalized spacial score (nSPS) is 14.7. The van der Waals surface area contributed by atoms with Crippen LogP contribution in [0.2, 0.25) is 0 Å². The van der Waals surface area contributed by atoms with E-state index in [4.69, 9.17) is 0 Å². The molecule has 0 aliphatic carbocycles. The Morgan fingerprint density at radius 3 is 2.31 bits per heavy atom. The number of aliphatic hydroxyl groups is 1. The third kappa shape index (κ3) is 3.06. The van der Waals surface area contributed by atoms with Crippen molar-refractivity contribution in [1.29, 1.82) is 0 Å². The molecule has 0 saturated heterocycles. The number of hydrogen-bond donors (Lipinski definition) is 2. The first-order valence-corrected chi connectivity index (χ1v) is 6.20. The molecule has 2 heteroatoms. The minimum absolute atomic E-state index is 0.158. The van der Waals surface area contributed by atoms with Crippen LogP contribution >= 0.6 is 0 Å². The van der Waals surface area contributed by atoms with E-state index in [0.29, 0.717) is 0 Å². The molecule has 2 nitrogen and oxygen atoms in total. The van der Waals surface area contributed by atoms with Gasteiger partial charge in [-0.1, -0.05) is 50.6 Å². The van der Waals surface area contributed by atoms with E-state index >= 15 is 0 Å². The van der Waals surface area contributed by atoms with Gasteiger partial charge in [0.2, 0.25) is 0 Å². The fraction of sp³-hybridized carbons (Fsp3) is 0.571. The predicted molar refractivity (Wildman–Crippen MR) is 68.4 cm³/mol. The molecule has 0 spiro atoms. The summed E-state index contributed by atoms with van der Waals surface area (Å²) < 4.78 is 0. The zero-order valence-corrected chi connectivity index (χ0v) is 10.4. The molecular weight excluding hydrogens is 198 g/mol. The molecule has 0 amide bonds. The average molecular weight is 221 g/mol. The van der Waals surface area contributed by atoms with E-state index in [0.717, 1.165) is 25.8 Å². The Morgan fingerprint density at radius 1 is 1.12 bits per heavy atom. The zero-order valence-electron chi connectivity index (χ0n) is 10.4. The highest BCUT2D eigenvalue weighted by atomic mass is 16.3. The molecule has 0 aliphatic rings. The minimum Gasteiger partial charge on any atom is -0.394 e. The summed E-state index contributed by atoms with van der Waals surface area (Å²) >= 11 is 0. The highest BCUT2D eigenvalue weighted by Crippen LogP contribution is 2.26. The molecule has 0 aliphatic heterocycles. The van der Waals surface area contributed by atoms with E-state index in [2.05, 4.69) is 31.3 Å². The van der Waals surface area contributed by atoms with Crippen molar-refractivity contribution < 1.29 is 5.11 Å². The van der Waals surface area contributed by atoms with Crippen molar-refractivity contribution in [3.05, 3.63) is 35.9 Å². The van der Waals surface area contributed by atoms with Crippen LogP contribution in [0.15, 0.2) is 30.3 Å². The van der Waals surface area contributed by atoms with Crippen LogP contribution in [0.3, 0.4) is 0 Å². The van der Waals surface area contributed by atoms with Gasteiger partial charge in [-0.05, 0) is 24.9 Å². The molecule has 0 radical (unpaired) electrons. The predicted octanol–water partition coefficient (Wildman–Crippen LogP) is 2.67. The average Bonchev–Trinajstić information content (AvgIpc) is 2.36. The molecule has 16 heavy (non-hydrogen) atoms. The number of nitrogens with one attached hydrogen (secondary N) is 1. The van der Waals surface area contributed by atoms with Gasteiger partial charge >= 0.3 is 0 Å². The van der Waals surface area contributed by atoms with Crippen molar-refractivity contribution in [1.82, 2.24) is 5.32 Å². The van der Waals surface area contributed by atoms with Gasteiger partial charge in [0.15, 0.2) is 0 Å². The van der Waals surface area contributed by atoms with Crippen LogP contribution in [0.5, 0.6) is 0 Å². The number of benzene rings is 1. The summed E-state index contributed by atoms with van der Waals surface area (Å²) in [6.07, 6.45) is 3.11. The van der Waals surface area contributed by atoms with Gasteiger partial charge in [-0.3, -0.25) is 0 Å². The van der Waals surface area contributed by atoms with Gasteiger partial charge in [0.1, 0.15) is 0 Å². The Morgan fingerprint density at radius 2 is 1.81 bits per heavy atom. The number of hydrogen-bond acceptors (Lipinski definition) is 2. The fourth-order valence-corrected chi connectivity index (χ4v) is 2.11. The lowest BCUT2D eigenvalue weighted by Gasteiger charge is -2.33. The van der Waals surface area contributed by atoms with Crippen LogP contribution in [0.25, 0.3) is 0 Å². The Hall–Kier alpha value is -0.860. The summed E-state index contributed by atoms with van der Waals surface area (Å²) in [5.41, 5.74) is 0.930. The summed E-state index contributed by atoms with van der Waals surface area (Å²) in [6.45, 7) is 5.40. The zero-order chi connectivity index (χ0) is 11.9. The molecule has 90 valence electrons. The van der Waals surface area contributed by atoms with Crippen LogP contribution in [0.1, 0.15) is 38.7 Å². The second-order valence-corrected chi connectivity index (χ2v) is 4.28. The van der Waals surface area contributed by atoms with Crippen molar-refractivity contribution >= 4 is 0 Å². The molecule has 0 saturated carbocycles. The summed E-state index contributed by atoms with van der Waals surface area (Å²) in [5, 5.41) is 13.2. The summed E-state index contributed by atoms with van der Waals surface area (Å²) in [5.74, 6) is 0. The second kappa shape index (κ2) is 6.66. The molecule has 2 N–H and O–H groups in total. The molecule has 1 aromatic rings.